The van der Waals surface area contributed by atoms with E-state index < -0.39 is 12.2 Å². The van der Waals surface area contributed by atoms with Gasteiger partial charge in [-0.05, 0) is 29.3 Å². The molecule has 0 radical (unpaired) electrons. The average molecular weight is 465 g/mol. The molecule has 8 heteroatoms. The first-order chi connectivity index (χ1) is 16.1. The van der Waals surface area contributed by atoms with Crippen LogP contribution in [-0.2, 0) is 22.7 Å². The highest BCUT2D eigenvalue weighted by Gasteiger charge is 2.30. The highest BCUT2D eigenvalue weighted by molar-refractivity contribution is 8.00. The Kier molecular flexibility index (Phi) is 7.49. The van der Waals surface area contributed by atoms with Crippen LogP contribution in [0.5, 0.6) is 0 Å². The van der Waals surface area contributed by atoms with Crippen LogP contribution in [0.2, 0.25) is 0 Å². The molecular formula is C25H24N2O5S. The molecule has 1 heterocycles. The number of aliphatic hydroxyl groups excluding tert-OH is 1. The second-order valence-electron chi connectivity index (χ2n) is 7.44. The van der Waals surface area contributed by atoms with Crippen LogP contribution >= 0.6 is 11.8 Å². The Balaban J connectivity index is 1.44. The molecule has 33 heavy (non-hydrogen) atoms. The van der Waals surface area contributed by atoms with Crippen molar-refractivity contribution in [3.8, 4) is 0 Å². The average Bonchev–Trinajstić information content (AvgIpc) is 2.86. The fourth-order valence-corrected chi connectivity index (χ4v) is 4.46. The Bertz CT molecular complexity index is 1090. The van der Waals surface area contributed by atoms with Gasteiger partial charge in [0, 0.05) is 17.1 Å². The molecule has 1 atom stereocenters. The van der Waals surface area contributed by atoms with Gasteiger partial charge in [0.25, 0.3) is 0 Å². The molecule has 0 saturated heterocycles. The molecular weight excluding hydrogens is 440 g/mol. The standard InChI is InChI=1S/C25H24N2O5S/c28-15-21-14-27(25(30)32-17-19-9-5-2-6-10-19)22-13-20(11-12-23(22)33-21)26-24(29)31-16-18-7-3-1-4-8-18/h1-13,21,28H,14-17H2,(H,26,29). The maximum atomic E-state index is 12.9. The first kappa shape index (κ1) is 22.7. The number of nitrogens with zero attached hydrogens (tertiary/aromatic N) is 1. The van der Waals surface area contributed by atoms with E-state index in [1.807, 2.05) is 66.7 Å². The normalized spacial score (nSPS) is 14.8. The highest BCUT2D eigenvalue weighted by Crippen LogP contribution is 2.40. The third kappa shape index (κ3) is 6.06. The molecule has 1 aliphatic rings. The van der Waals surface area contributed by atoms with Gasteiger partial charge in [-0.3, -0.25) is 10.2 Å². The van der Waals surface area contributed by atoms with Crippen LogP contribution in [0.4, 0.5) is 21.0 Å². The lowest BCUT2D eigenvalue weighted by atomic mass is 10.2. The van der Waals surface area contributed by atoms with Crippen molar-refractivity contribution in [2.75, 3.05) is 23.4 Å². The lowest BCUT2D eigenvalue weighted by Crippen LogP contribution is -2.41. The number of fused-ring (bicyclic) bond motifs is 1. The summed E-state index contributed by atoms with van der Waals surface area (Å²) in [6, 6.07) is 24.1. The zero-order chi connectivity index (χ0) is 23.0. The number of nitrogens with one attached hydrogen (secondary N) is 1. The first-order valence-electron chi connectivity index (χ1n) is 10.5. The van der Waals surface area contributed by atoms with E-state index in [9.17, 15) is 14.7 Å². The number of amides is 2. The fraction of sp³-hybridized carbons (Fsp3) is 0.200. The van der Waals surface area contributed by atoms with Gasteiger partial charge in [0.2, 0.25) is 0 Å². The summed E-state index contributed by atoms with van der Waals surface area (Å²) in [7, 11) is 0. The summed E-state index contributed by atoms with van der Waals surface area (Å²) >= 11 is 1.48. The minimum absolute atomic E-state index is 0.0710. The minimum Gasteiger partial charge on any atom is -0.444 e. The molecule has 3 aromatic rings. The van der Waals surface area contributed by atoms with Crippen molar-refractivity contribution in [3.05, 3.63) is 90.0 Å². The molecule has 1 unspecified atom stereocenters. The molecule has 0 fully saturated rings. The number of hydrogen-bond acceptors (Lipinski definition) is 6. The van der Waals surface area contributed by atoms with Crippen molar-refractivity contribution >= 4 is 35.3 Å². The Morgan fingerprint density at radius 1 is 0.939 bits per heavy atom. The molecule has 7 nitrogen and oxygen atoms in total. The molecule has 0 aliphatic carbocycles. The van der Waals surface area contributed by atoms with Crippen molar-refractivity contribution in [1.29, 1.82) is 0 Å². The third-order valence-corrected chi connectivity index (χ3v) is 6.25. The quantitative estimate of drug-likeness (QED) is 0.531. The number of hydrogen-bond donors (Lipinski definition) is 2. The van der Waals surface area contributed by atoms with Crippen LogP contribution in [0.1, 0.15) is 11.1 Å². The van der Waals surface area contributed by atoms with Crippen LogP contribution in [-0.4, -0.2) is 35.7 Å². The van der Waals surface area contributed by atoms with Gasteiger partial charge in [-0.15, -0.1) is 11.8 Å². The molecule has 170 valence electrons. The molecule has 1 aliphatic heterocycles. The number of thioether (sulfide) groups is 1. The van der Waals surface area contributed by atoms with E-state index in [2.05, 4.69) is 5.32 Å². The van der Waals surface area contributed by atoms with Gasteiger partial charge in [0.1, 0.15) is 13.2 Å². The van der Waals surface area contributed by atoms with Crippen LogP contribution < -0.4 is 10.2 Å². The van der Waals surface area contributed by atoms with Gasteiger partial charge < -0.3 is 14.6 Å². The van der Waals surface area contributed by atoms with Crippen LogP contribution in [0.15, 0.2) is 83.8 Å². The SMILES string of the molecule is O=C(Nc1ccc2c(c1)N(C(=O)OCc1ccccc1)CC(CO)S2)OCc1ccccc1. The van der Waals surface area contributed by atoms with Crippen LogP contribution in [0.3, 0.4) is 0 Å². The monoisotopic (exact) mass is 464 g/mol. The van der Waals surface area contributed by atoms with Crippen molar-refractivity contribution in [2.24, 2.45) is 0 Å². The van der Waals surface area contributed by atoms with Gasteiger partial charge >= 0.3 is 12.2 Å². The summed E-state index contributed by atoms with van der Waals surface area (Å²) < 4.78 is 10.8. The summed E-state index contributed by atoms with van der Waals surface area (Å²) in [6.07, 6.45) is -1.10. The zero-order valence-corrected chi connectivity index (χ0v) is 18.7. The Morgan fingerprint density at radius 3 is 2.21 bits per heavy atom. The molecule has 3 aromatic carbocycles. The topological polar surface area (TPSA) is 88.1 Å². The second-order valence-corrected chi connectivity index (χ2v) is 8.78. The van der Waals surface area contributed by atoms with Crippen molar-refractivity contribution in [1.82, 2.24) is 0 Å². The molecule has 4 rings (SSSR count). The largest absolute Gasteiger partial charge is 0.444 e. The van der Waals surface area contributed by atoms with Gasteiger partial charge in [-0.1, -0.05) is 60.7 Å². The number of rotatable bonds is 6. The predicted octanol–water partition coefficient (Wildman–Crippen LogP) is 5.05. The lowest BCUT2D eigenvalue weighted by molar-refractivity contribution is 0.146. The van der Waals surface area contributed by atoms with E-state index in [1.165, 1.54) is 16.7 Å². The van der Waals surface area contributed by atoms with Gasteiger partial charge in [-0.2, -0.15) is 0 Å². The molecule has 0 spiro atoms. The van der Waals surface area contributed by atoms with Crippen LogP contribution in [0, 0.1) is 0 Å². The number of carbonyl (C=O) groups excluding carboxylic acids is 2. The predicted molar refractivity (Wildman–Crippen MR) is 127 cm³/mol. The van der Waals surface area contributed by atoms with E-state index in [1.54, 1.807) is 12.1 Å². The summed E-state index contributed by atoms with van der Waals surface area (Å²) in [5, 5.41) is 12.2. The van der Waals surface area contributed by atoms with E-state index in [-0.39, 0.29) is 25.1 Å². The number of carbonyl (C=O) groups is 2. The third-order valence-electron chi connectivity index (χ3n) is 5.02. The van der Waals surface area contributed by atoms with Crippen molar-refractivity contribution < 1.29 is 24.2 Å². The lowest BCUT2D eigenvalue weighted by Gasteiger charge is -2.33. The summed E-state index contributed by atoms with van der Waals surface area (Å²) in [4.78, 5) is 27.5. The molecule has 0 bridgehead atoms. The Morgan fingerprint density at radius 2 is 1.58 bits per heavy atom. The Hall–Kier alpha value is -3.49. The van der Waals surface area contributed by atoms with E-state index >= 15 is 0 Å². The van der Waals surface area contributed by atoms with E-state index in [0.717, 1.165) is 16.0 Å². The molecule has 2 amide bonds. The smallest absolute Gasteiger partial charge is 0.414 e. The minimum atomic E-state index is -0.589. The molecule has 0 saturated carbocycles. The fourth-order valence-electron chi connectivity index (χ4n) is 3.37. The maximum absolute atomic E-state index is 12.9. The van der Waals surface area contributed by atoms with E-state index in [4.69, 9.17) is 9.47 Å². The van der Waals surface area contributed by atoms with Crippen molar-refractivity contribution in [3.63, 3.8) is 0 Å². The zero-order valence-electron chi connectivity index (χ0n) is 17.8. The first-order valence-corrected chi connectivity index (χ1v) is 11.4. The van der Waals surface area contributed by atoms with Gasteiger partial charge in [-0.25, -0.2) is 9.59 Å². The molecule has 2 N–H and O–H groups in total. The Labute approximate surface area is 196 Å². The summed E-state index contributed by atoms with van der Waals surface area (Å²) in [5.41, 5.74) is 2.88. The molecule has 0 aromatic heterocycles. The van der Waals surface area contributed by atoms with Crippen LogP contribution in [0.25, 0.3) is 0 Å². The van der Waals surface area contributed by atoms with Crippen molar-refractivity contribution in [2.45, 2.75) is 23.4 Å². The van der Waals surface area contributed by atoms with Gasteiger partial charge in [0.05, 0.1) is 17.5 Å². The second kappa shape index (κ2) is 10.9. The number of anilines is 2. The number of ether oxygens (including phenoxy) is 2. The number of aliphatic hydroxyl groups is 1. The summed E-state index contributed by atoms with van der Waals surface area (Å²) in [5.74, 6) is 0. The highest BCUT2D eigenvalue weighted by atomic mass is 32.2. The number of benzene rings is 3. The maximum Gasteiger partial charge on any atom is 0.414 e. The van der Waals surface area contributed by atoms with Gasteiger partial charge in [0.15, 0.2) is 0 Å². The summed E-state index contributed by atoms with van der Waals surface area (Å²) in [6.45, 7) is 0.526. The van der Waals surface area contributed by atoms with E-state index in [0.29, 0.717) is 17.9 Å².